The fourth-order valence-corrected chi connectivity index (χ4v) is 2.45. The van der Waals surface area contributed by atoms with E-state index in [1.54, 1.807) is 0 Å². The van der Waals surface area contributed by atoms with Gasteiger partial charge in [-0.1, -0.05) is 46.3 Å². The van der Waals surface area contributed by atoms with Crippen molar-refractivity contribution in [1.29, 1.82) is 0 Å². The average molecular weight is 334 g/mol. The smallest absolute Gasteiger partial charge is 0.335 e. The van der Waals surface area contributed by atoms with E-state index in [-0.39, 0.29) is 5.97 Å². The van der Waals surface area contributed by atoms with Crippen molar-refractivity contribution in [3.05, 3.63) is 64.6 Å². The highest BCUT2D eigenvalue weighted by Crippen LogP contribution is 2.29. The Morgan fingerprint density at radius 3 is 2.45 bits per heavy atom. The Balaban J connectivity index is 2.43. The third-order valence-corrected chi connectivity index (χ3v) is 3.66. The lowest BCUT2D eigenvalue weighted by Gasteiger charge is -2.29. The zero-order valence-electron chi connectivity index (χ0n) is 11.4. The van der Waals surface area contributed by atoms with Crippen molar-refractivity contribution in [2.45, 2.75) is 12.5 Å². The first-order valence-electron chi connectivity index (χ1n) is 6.24. The lowest BCUT2D eigenvalue weighted by Crippen LogP contribution is -2.41. The fourth-order valence-electron chi connectivity index (χ4n) is 2.05. The Morgan fingerprint density at radius 2 is 1.85 bits per heavy atom. The Labute approximate surface area is 127 Å². The lowest BCUT2D eigenvalue weighted by molar-refractivity contribution is -0.145. The molecule has 0 radical (unpaired) electrons. The molecule has 0 aromatic heterocycles. The summed E-state index contributed by atoms with van der Waals surface area (Å²) in [5.41, 5.74) is 0.753. The largest absolute Gasteiger partial charge is 0.467 e. The number of carbonyl (C=O) groups excluding carboxylic acids is 1. The van der Waals surface area contributed by atoms with Gasteiger partial charge in [-0.05, 0) is 36.8 Å². The van der Waals surface area contributed by atoms with Gasteiger partial charge in [-0.2, -0.15) is 0 Å². The van der Waals surface area contributed by atoms with Crippen LogP contribution in [0.25, 0.3) is 0 Å². The Bertz CT molecular complexity index is 600. The Kier molecular flexibility index (Phi) is 4.45. The summed E-state index contributed by atoms with van der Waals surface area (Å²) in [7, 11) is 1.39. The van der Waals surface area contributed by atoms with Crippen LogP contribution in [0.2, 0.25) is 0 Å². The van der Waals surface area contributed by atoms with Gasteiger partial charge in [0, 0.05) is 10.2 Å². The summed E-state index contributed by atoms with van der Waals surface area (Å²) in [5.74, 6) is -0.334. The van der Waals surface area contributed by atoms with Gasteiger partial charge in [0.1, 0.15) is 0 Å². The maximum Gasteiger partial charge on any atom is 0.335 e. The van der Waals surface area contributed by atoms with Crippen LogP contribution in [-0.2, 0) is 15.1 Å². The van der Waals surface area contributed by atoms with Crippen LogP contribution in [0.1, 0.15) is 12.5 Å². The summed E-state index contributed by atoms with van der Waals surface area (Å²) < 4.78 is 5.88. The van der Waals surface area contributed by atoms with Gasteiger partial charge in [0.15, 0.2) is 5.54 Å². The SMILES string of the molecule is COC(=O)C(C)(Nc1ccccc1)c1cccc(Br)c1. The highest BCUT2D eigenvalue weighted by Gasteiger charge is 2.36. The van der Waals surface area contributed by atoms with Crippen LogP contribution in [0.5, 0.6) is 0 Å². The zero-order chi connectivity index (χ0) is 14.6. The molecule has 0 aliphatic heterocycles. The molecule has 3 nitrogen and oxygen atoms in total. The molecule has 1 N–H and O–H groups in total. The van der Waals surface area contributed by atoms with Gasteiger partial charge in [-0.3, -0.25) is 0 Å². The van der Waals surface area contributed by atoms with E-state index in [0.29, 0.717) is 0 Å². The molecule has 0 saturated heterocycles. The summed E-state index contributed by atoms with van der Waals surface area (Å²) in [6.45, 7) is 1.81. The van der Waals surface area contributed by atoms with Gasteiger partial charge in [0.25, 0.3) is 0 Å². The first-order valence-corrected chi connectivity index (χ1v) is 7.03. The molecule has 0 fully saturated rings. The number of hydrogen-bond donors (Lipinski definition) is 1. The quantitative estimate of drug-likeness (QED) is 0.861. The van der Waals surface area contributed by atoms with Crippen LogP contribution < -0.4 is 5.32 Å². The molecule has 0 aliphatic carbocycles. The molecule has 0 spiro atoms. The van der Waals surface area contributed by atoms with Crippen LogP contribution in [0.4, 0.5) is 5.69 Å². The summed E-state index contributed by atoms with van der Waals surface area (Å²) in [4.78, 5) is 12.2. The molecule has 0 heterocycles. The minimum Gasteiger partial charge on any atom is -0.467 e. The van der Waals surface area contributed by atoms with Crippen LogP contribution in [0.3, 0.4) is 0 Å². The number of anilines is 1. The molecule has 104 valence electrons. The summed E-state index contributed by atoms with van der Waals surface area (Å²) >= 11 is 3.43. The number of para-hydroxylation sites is 1. The normalized spacial score (nSPS) is 13.3. The van der Waals surface area contributed by atoms with E-state index < -0.39 is 5.54 Å². The standard InChI is InChI=1S/C16H16BrNO2/c1-16(15(19)20-2,12-7-6-8-13(17)11-12)18-14-9-4-3-5-10-14/h3-11,18H,1-2H3. The predicted octanol–water partition coefficient (Wildman–Crippen LogP) is 3.95. The monoisotopic (exact) mass is 333 g/mol. The van der Waals surface area contributed by atoms with E-state index in [9.17, 15) is 4.79 Å². The van der Waals surface area contributed by atoms with E-state index >= 15 is 0 Å². The third-order valence-electron chi connectivity index (χ3n) is 3.16. The van der Waals surface area contributed by atoms with Gasteiger partial charge in [0.2, 0.25) is 0 Å². The molecule has 1 atom stereocenters. The van der Waals surface area contributed by atoms with Crippen molar-refractivity contribution in [1.82, 2.24) is 0 Å². The van der Waals surface area contributed by atoms with Gasteiger partial charge in [-0.15, -0.1) is 0 Å². The molecule has 0 bridgehead atoms. The highest BCUT2D eigenvalue weighted by molar-refractivity contribution is 9.10. The molecule has 20 heavy (non-hydrogen) atoms. The van der Waals surface area contributed by atoms with Crippen LogP contribution in [-0.4, -0.2) is 13.1 Å². The van der Waals surface area contributed by atoms with Crippen molar-refractivity contribution in [3.8, 4) is 0 Å². The summed E-state index contributed by atoms with van der Waals surface area (Å²) in [6, 6.07) is 17.2. The molecule has 2 aromatic rings. The number of methoxy groups -OCH3 is 1. The average Bonchev–Trinajstić information content (AvgIpc) is 2.47. The first-order chi connectivity index (χ1) is 9.56. The maximum absolute atomic E-state index is 12.2. The number of nitrogens with one attached hydrogen (secondary N) is 1. The fraction of sp³-hybridized carbons (Fsp3) is 0.188. The third kappa shape index (κ3) is 3.02. The minimum atomic E-state index is -0.945. The number of benzene rings is 2. The van der Waals surface area contributed by atoms with Crippen LogP contribution in [0.15, 0.2) is 59.1 Å². The minimum absolute atomic E-state index is 0.334. The summed E-state index contributed by atoms with van der Waals surface area (Å²) in [5, 5.41) is 3.25. The summed E-state index contributed by atoms with van der Waals surface area (Å²) in [6.07, 6.45) is 0. The van der Waals surface area contributed by atoms with Crippen LogP contribution in [0, 0.1) is 0 Å². The number of carbonyl (C=O) groups is 1. The number of hydrogen-bond acceptors (Lipinski definition) is 3. The highest BCUT2D eigenvalue weighted by atomic mass is 79.9. The second-order valence-corrected chi connectivity index (χ2v) is 5.53. The molecule has 0 aliphatic rings. The van der Waals surface area contributed by atoms with E-state index in [1.165, 1.54) is 7.11 Å². The molecule has 1 unspecified atom stereocenters. The second kappa shape index (κ2) is 6.09. The number of esters is 1. The van der Waals surface area contributed by atoms with Crippen molar-refractivity contribution in [2.75, 3.05) is 12.4 Å². The maximum atomic E-state index is 12.2. The molecule has 2 aromatic carbocycles. The number of ether oxygens (including phenoxy) is 1. The van der Waals surface area contributed by atoms with Gasteiger partial charge < -0.3 is 10.1 Å². The van der Waals surface area contributed by atoms with Gasteiger partial charge >= 0.3 is 5.97 Å². The first kappa shape index (κ1) is 14.6. The Morgan fingerprint density at radius 1 is 1.15 bits per heavy atom. The van der Waals surface area contributed by atoms with Crippen molar-refractivity contribution >= 4 is 27.6 Å². The van der Waals surface area contributed by atoms with Crippen molar-refractivity contribution in [3.63, 3.8) is 0 Å². The molecule has 0 amide bonds. The number of rotatable bonds is 4. The topological polar surface area (TPSA) is 38.3 Å². The molecular formula is C16H16BrNO2. The molecule has 0 saturated carbocycles. The van der Waals surface area contributed by atoms with Gasteiger partial charge in [0.05, 0.1) is 7.11 Å². The van der Waals surface area contributed by atoms with E-state index in [2.05, 4.69) is 21.2 Å². The van der Waals surface area contributed by atoms with E-state index in [0.717, 1.165) is 15.7 Å². The predicted molar refractivity (Wildman–Crippen MR) is 83.6 cm³/mol. The molecule has 4 heteroatoms. The number of halogens is 1. The zero-order valence-corrected chi connectivity index (χ0v) is 13.0. The van der Waals surface area contributed by atoms with Crippen molar-refractivity contribution < 1.29 is 9.53 Å². The second-order valence-electron chi connectivity index (χ2n) is 4.62. The Hall–Kier alpha value is -1.81. The van der Waals surface area contributed by atoms with E-state index in [4.69, 9.17) is 4.74 Å². The molecular weight excluding hydrogens is 318 g/mol. The van der Waals surface area contributed by atoms with Crippen LogP contribution >= 0.6 is 15.9 Å². The van der Waals surface area contributed by atoms with E-state index in [1.807, 2.05) is 61.5 Å². The van der Waals surface area contributed by atoms with Gasteiger partial charge in [-0.25, -0.2) is 4.79 Å². The van der Waals surface area contributed by atoms with Crippen molar-refractivity contribution in [2.24, 2.45) is 0 Å². The molecule has 2 rings (SSSR count). The lowest BCUT2D eigenvalue weighted by atomic mass is 9.91.